The van der Waals surface area contributed by atoms with Crippen LogP contribution < -0.4 is 11.5 Å². The van der Waals surface area contributed by atoms with Gasteiger partial charge in [-0.05, 0) is 18.1 Å². The van der Waals surface area contributed by atoms with Gasteiger partial charge in [-0.2, -0.15) is 4.98 Å². The normalized spacial score (nSPS) is 16.6. The fourth-order valence-corrected chi connectivity index (χ4v) is 2.61. The molecular weight excluding hydrogens is 254 g/mol. The second-order valence-electron chi connectivity index (χ2n) is 4.98. The monoisotopic (exact) mass is 273 g/mol. The third-order valence-corrected chi connectivity index (χ3v) is 3.66. The first-order chi connectivity index (χ1) is 9.74. The highest BCUT2D eigenvalue weighted by Crippen LogP contribution is 2.23. The van der Waals surface area contributed by atoms with Crippen molar-refractivity contribution in [2.45, 2.75) is 6.42 Å². The maximum Gasteiger partial charge on any atom is 0.222 e. The fraction of sp³-hybridized carbons (Fsp3) is 0.429. The number of benzene rings is 1. The minimum Gasteiger partial charge on any atom is -0.383 e. The smallest absolute Gasteiger partial charge is 0.222 e. The molecule has 1 aliphatic rings. The Morgan fingerprint density at radius 1 is 1.15 bits per heavy atom. The van der Waals surface area contributed by atoms with Gasteiger partial charge in [-0.25, -0.2) is 4.98 Å². The van der Waals surface area contributed by atoms with Crippen LogP contribution in [0.5, 0.6) is 0 Å². The number of anilines is 2. The van der Waals surface area contributed by atoms with Crippen molar-refractivity contribution in [3.05, 3.63) is 23.8 Å². The summed E-state index contributed by atoms with van der Waals surface area (Å²) >= 11 is 0. The predicted molar refractivity (Wildman–Crippen MR) is 79.3 cm³/mol. The first kappa shape index (κ1) is 13.1. The van der Waals surface area contributed by atoms with Gasteiger partial charge >= 0.3 is 0 Å². The zero-order chi connectivity index (χ0) is 13.9. The molecule has 4 N–H and O–H groups in total. The van der Waals surface area contributed by atoms with E-state index in [9.17, 15) is 0 Å². The van der Waals surface area contributed by atoms with E-state index in [1.807, 2.05) is 12.1 Å². The van der Waals surface area contributed by atoms with E-state index in [1.165, 1.54) is 5.56 Å². The molecular formula is C14H19N5O. The maximum absolute atomic E-state index is 6.00. The molecule has 6 nitrogen and oxygen atoms in total. The third kappa shape index (κ3) is 2.66. The van der Waals surface area contributed by atoms with Crippen LogP contribution in [0.2, 0.25) is 0 Å². The van der Waals surface area contributed by atoms with Gasteiger partial charge in [0.1, 0.15) is 5.82 Å². The fourth-order valence-electron chi connectivity index (χ4n) is 2.61. The van der Waals surface area contributed by atoms with Crippen molar-refractivity contribution in [3.63, 3.8) is 0 Å². The van der Waals surface area contributed by atoms with E-state index in [0.29, 0.717) is 5.82 Å². The summed E-state index contributed by atoms with van der Waals surface area (Å²) in [6, 6.07) is 5.99. The molecule has 2 aromatic rings. The Balaban J connectivity index is 1.83. The Morgan fingerprint density at radius 3 is 2.75 bits per heavy atom. The van der Waals surface area contributed by atoms with Gasteiger partial charge in [0.05, 0.1) is 18.7 Å². The number of nitrogens with two attached hydrogens (primary N) is 2. The predicted octanol–water partition coefficient (Wildman–Crippen LogP) is 0.669. The van der Waals surface area contributed by atoms with Gasteiger partial charge in [0.25, 0.3) is 0 Å². The van der Waals surface area contributed by atoms with Crippen LogP contribution in [0.4, 0.5) is 11.8 Å². The standard InChI is InChI=1S/C14H19N5O/c15-13-12-10(4-5-19-6-8-20-9-7-19)2-1-3-11(12)17-14(16)18-13/h1-3H,4-9H2,(H4,15,16,17,18). The number of hydrogen-bond acceptors (Lipinski definition) is 6. The number of aromatic nitrogens is 2. The number of rotatable bonds is 3. The van der Waals surface area contributed by atoms with Crippen LogP contribution in [-0.4, -0.2) is 47.7 Å². The molecule has 1 fully saturated rings. The van der Waals surface area contributed by atoms with Crippen LogP contribution in [0.15, 0.2) is 18.2 Å². The van der Waals surface area contributed by atoms with Crippen LogP contribution in [0, 0.1) is 0 Å². The molecule has 0 saturated carbocycles. The molecule has 0 bridgehead atoms. The highest BCUT2D eigenvalue weighted by atomic mass is 16.5. The zero-order valence-electron chi connectivity index (χ0n) is 11.4. The lowest BCUT2D eigenvalue weighted by Gasteiger charge is -2.26. The lowest BCUT2D eigenvalue weighted by molar-refractivity contribution is 0.0385. The number of fused-ring (bicyclic) bond motifs is 1. The van der Waals surface area contributed by atoms with Crippen LogP contribution in [0.25, 0.3) is 10.9 Å². The summed E-state index contributed by atoms with van der Waals surface area (Å²) in [5.41, 5.74) is 13.6. The average Bonchev–Trinajstić information content (AvgIpc) is 2.45. The van der Waals surface area contributed by atoms with Gasteiger partial charge < -0.3 is 16.2 Å². The molecule has 1 aliphatic heterocycles. The summed E-state index contributed by atoms with van der Waals surface area (Å²) in [6.45, 7) is 4.61. The Labute approximate surface area is 117 Å². The summed E-state index contributed by atoms with van der Waals surface area (Å²) < 4.78 is 5.36. The van der Waals surface area contributed by atoms with E-state index in [2.05, 4.69) is 20.9 Å². The molecule has 3 rings (SSSR count). The first-order valence-electron chi connectivity index (χ1n) is 6.85. The SMILES string of the molecule is Nc1nc(N)c2c(CCN3CCOCC3)cccc2n1. The molecule has 106 valence electrons. The Hall–Kier alpha value is -1.92. The quantitative estimate of drug-likeness (QED) is 0.854. The molecule has 0 aliphatic carbocycles. The van der Waals surface area contributed by atoms with E-state index in [1.54, 1.807) is 0 Å². The molecule has 1 saturated heterocycles. The van der Waals surface area contributed by atoms with Gasteiger partial charge in [0.2, 0.25) is 5.95 Å². The second-order valence-corrected chi connectivity index (χ2v) is 4.98. The number of morpholine rings is 1. The van der Waals surface area contributed by atoms with Crippen LogP contribution in [0.3, 0.4) is 0 Å². The Morgan fingerprint density at radius 2 is 1.95 bits per heavy atom. The van der Waals surface area contributed by atoms with Crippen molar-refractivity contribution in [2.24, 2.45) is 0 Å². The van der Waals surface area contributed by atoms with E-state index < -0.39 is 0 Å². The Kier molecular flexibility index (Phi) is 3.66. The minimum absolute atomic E-state index is 0.223. The van der Waals surface area contributed by atoms with Gasteiger partial charge in [-0.1, -0.05) is 12.1 Å². The van der Waals surface area contributed by atoms with Crippen molar-refractivity contribution in [2.75, 3.05) is 44.3 Å². The van der Waals surface area contributed by atoms with Crippen LogP contribution in [0.1, 0.15) is 5.56 Å². The van der Waals surface area contributed by atoms with Crippen LogP contribution >= 0.6 is 0 Å². The molecule has 0 radical (unpaired) electrons. The largest absolute Gasteiger partial charge is 0.383 e. The third-order valence-electron chi connectivity index (χ3n) is 3.66. The average molecular weight is 273 g/mol. The molecule has 2 heterocycles. The van der Waals surface area contributed by atoms with E-state index in [-0.39, 0.29) is 5.95 Å². The molecule has 0 spiro atoms. The van der Waals surface area contributed by atoms with E-state index in [0.717, 1.165) is 50.2 Å². The molecule has 20 heavy (non-hydrogen) atoms. The number of nitrogen functional groups attached to an aromatic ring is 2. The summed E-state index contributed by atoms with van der Waals surface area (Å²) in [5, 5.41) is 0.926. The van der Waals surface area contributed by atoms with Gasteiger partial charge in [0.15, 0.2) is 0 Å². The van der Waals surface area contributed by atoms with E-state index >= 15 is 0 Å². The van der Waals surface area contributed by atoms with Crippen molar-refractivity contribution in [1.82, 2.24) is 14.9 Å². The molecule has 0 amide bonds. The topological polar surface area (TPSA) is 90.3 Å². The Bertz CT molecular complexity index is 610. The van der Waals surface area contributed by atoms with Gasteiger partial charge in [0, 0.05) is 25.0 Å². The minimum atomic E-state index is 0.223. The lowest BCUT2D eigenvalue weighted by Crippen LogP contribution is -2.37. The first-order valence-corrected chi connectivity index (χ1v) is 6.85. The van der Waals surface area contributed by atoms with Crippen molar-refractivity contribution in [3.8, 4) is 0 Å². The number of nitrogens with zero attached hydrogens (tertiary/aromatic N) is 3. The lowest BCUT2D eigenvalue weighted by atomic mass is 10.1. The number of ether oxygens (including phenoxy) is 1. The highest BCUT2D eigenvalue weighted by Gasteiger charge is 2.12. The van der Waals surface area contributed by atoms with Gasteiger partial charge in [-0.3, -0.25) is 4.90 Å². The molecule has 0 unspecified atom stereocenters. The molecule has 1 aromatic heterocycles. The summed E-state index contributed by atoms with van der Waals surface area (Å²) in [4.78, 5) is 10.7. The highest BCUT2D eigenvalue weighted by molar-refractivity contribution is 5.91. The zero-order valence-corrected chi connectivity index (χ0v) is 11.4. The van der Waals surface area contributed by atoms with Gasteiger partial charge in [-0.15, -0.1) is 0 Å². The molecule has 0 atom stereocenters. The summed E-state index contributed by atoms with van der Waals surface area (Å²) in [7, 11) is 0. The number of hydrogen-bond donors (Lipinski definition) is 2. The second kappa shape index (κ2) is 5.60. The molecule has 1 aromatic carbocycles. The summed E-state index contributed by atoms with van der Waals surface area (Å²) in [6.07, 6.45) is 0.925. The molecule has 6 heteroatoms. The van der Waals surface area contributed by atoms with Crippen LogP contribution in [-0.2, 0) is 11.2 Å². The van der Waals surface area contributed by atoms with Crippen molar-refractivity contribution >= 4 is 22.7 Å². The summed E-state index contributed by atoms with van der Waals surface area (Å²) in [5.74, 6) is 0.686. The van der Waals surface area contributed by atoms with E-state index in [4.69, 9.17) is 16.2 Å². The van der Waals surface area contributed by atoms with Crippen molar-refractivity contribution in [1.29, 1.82) is 0 Å². The maximum atomic E-state index is 6.00. The van der Waals surface area contributed by atoms with Crippen molar-refractivity contribution < 1.29 is 4.74 Å².